The lowest BCUT2D eigenvalue weighted by molar-refractivity contribution is -0.146. The molecule has 0 bridgehead atoms. The first-order valence-corrected chi connectivity index (χ1v) is 12.0. The Labute approximate surface area is 207 Å². The van der Waals surface area contributed by atoms with E-state index in [9.17, 15) is 14.4 Å². The average molecular weight is 486 g/mol. The number of ether oxygens (including phenoxy) is 1. The van der Waals surface area contributed by atoms with Crippen molar-refractivity contribution < 1.29 is 19.1 Å². The largest absolute Gasteiger partial charge is 0.467 e. The van der Waals surface area contributed by atoms with E-state index >= 15 is 0 Å². The Kier molecular flexibility index (Phi) is 11.1. The molecular weight excluding hydrogens is 450 g/mol. The van der Waals surface area contributed by atoms with Crippen molar-refractivity contribution in [2.75, 3.05) is 13.7 Å². The van der Waals surface area contributed by atoms with E-state index in [-0.39, 0.29) is 23.6 Å². The summed E-state index contributed by atoms with van der Waals surface area (Å²) in [6, 6.07) is 16.9. The monoisotopic (exact) mass is 485 g/mol. The van der Waals surface area contributed by atoms with Crippen LogP contribution in [0.1, 0.15) is 32.8 Å². The van der Waals surface area contributed by atoms with Crippen LogP contribution in [0, 0.1) is 5.92 Å². The van der Waals surface area contributed by atoms with Crippen molar-refractivity contribution in [1.82, 2.24) is 16.0 Å². The van der Waals surface area contributed by atoms with Crippen LogP contribution in [0.2, 0.25) is 0 Å². The van der Waals surface area contributed by atoms with Crippen molar-refractivity contribution in [3.63, 3.8) is 0 Å². The molecule has 0 aliphatic heterocycles. The van der Waals surface area contributed by atoms with Crippen LogP contribution >= 0.6 is 12.6 Å². The second-order valence-electron chi connectivity index (χ2n) is 8.43. The molecule has 184 valence electrons. The summed E-state index contributed by atoms with van der Waals surface area (Å²) in [7, 11) is 1.27. The highest BCUT2D eigenvalue weighted by Gasteiger charge is 2.27. The standard InChI is InChI=1S/C26H35N3O4S/c1-5-21(34)24(25(31)28-16-22(30)29-23(17(2)3)26(32)33-4)27-15-18-11-13-20(14-12-18)19-9-7-6-8-10-19/h6-14,17,21,23-24,27,34H,5,15-16H2,1-4H3,(H,28,31)(H,29,30). The van der Waals surface area contributed by atoms with Crippen molar-refractivity contribution >= 4 is 30.4 Å². The fraction of sp³-hybridized carbons (Fsp3) is 0.423. The van der Waals surface area contributed by atoms with Gasteiger partial charge in [-0.15, -0.1) is 0 Å². The maximum atomic E-state index is 12.8. The predicted octanol–water partition coefficient (Wildman–Crippen LogP) is 2.95. The molecule has 3 unspecified atom stereocenters. The summed E-state index contributed by atoms with van der Waals surface area (Å²) in [5.74, 6) is -1.44. The molecule has 34 heavy (non-hydrogen) atoms. The van der Waals surface area contributed by atoms with Crippen LogP contribution in [0.4, 0.5) is 0 Å². The van der Waals surface area contributed by atoms with Gasteiger partial charge in [0, 0.05) is 11.8 Å². The Hall–Kier alpha value is -2.84. The van der Waals surface area contributed by atoms with E-state index in [1.54, 1.807) is 13.8 Å². The highest BCUT2D eigenvalue weighted by atomic mass is 32.1. The molecule has 0 radical (unpaired) electrons. The first-order chi connectivity index (χ1) is 16.3. The summed E-state index contributed by atoms with van der Waals surface area (Å²) in [6.07, 6.45) is 0.672. The molecule has 3 N–H and O–H groups in total. The van der Waals surface area contributed by atoms with Gasteiger partial charge in [-0.2, -0.15) is 12.6 Å². The van der Waals surface area contributed by atoms with E-state index in [1.165, 1.54) is 7.11 Å². The number of hydrogen-bond donors (Lipinski definition) is 4. The molecule has 0 saturated heterocycles. The summed E-state index contributed by atoms with van der Waals surface area (Å²) >= 11 is 4.56. The van der Waals surface area contributed by atoms with E-state index in [0.717, 1.165) is 16.7 Å². The molecule has 0 saturated carbocycles. The highest BCUT2D eigenvalue weighted by molar-refractivity contribution is 7.81. The molecule has 7 nitrogen and oxygen atoms in total. The Morgan fingerprint density at radius 1 is 0.941 bits per heavy atom. The van der Waals surface area contributed by atoms with Crippen LogP contribution in [0.3, 0.4) is 0 Å². The SMILES string of the molecule is CCC(S)C(NCc1ccc(-c2ccccc2)cc1)C(=O)NCC(=O)NC(C(=O)OC)C(C)C. The van der Waals surface area contributed by atoms with Crippen molar-refractivity contribution in [2.45, 2.75) is 51.1 Å². The third-order valence-electron chi connectivity index (χ3n) is 5.53. The van der Waals surface area contributed by atoms with E-state index in [4.69, 9.17) is 4.74 Å². The zero-order valence-electron chi connectivity index (χ0n) is 20.2. The number of nitrogens with one attached hydrogen (secondary N) is 3. The topological polar surface area (TPSA) is 96.5 Å². The third-order valence-corrected chi connectivity index (χ3v) is 6.20. The van der Waals surface area contributed by atoms with Crippen LogP contribution in [-0.2, 0) is 25.7 Å². The summed E-state index contributed by atoms with van der Waals surface area (Å²) in [5.41, 5.74) is 3.30. The van der Waals surface area contributed by atoms with E-state index in [0.29, 0.717) is 13.0 Å². The quantitative estimate of drug-likeness (QED) is 0.274. The number of hydrogen-bond acceptors (Lipinski definition) is 6. The number of amides is 2. The van der Waals surface area contributed by atoms with Gasteiger partial charge in [0.2, 0.25) is 11.8 Å². The Morgan fingerprint density at radius 3 is 2.12 bits per heavy atom. The average Bonchev–Trinajstić information content (AvgIpc) is 2.86. The number of carbonyl (C=O) groups excluding carboxylic acids is 3. The van der Waals surface area contributed by atoms with Gasteiger partial charge in [0.05, 0.1) is 19.7 Å². The molecule has 2 aromatic carbocycles. The van der Waals surface area contributed by atoms with Gasteiger partial charge in [0.25, 0.3) is 0 Å². The molecule has 8 heteroatoms. The molecule has 0 fully saturated rings. The molecule has 0 aliphatic carbocycles. The van der Waals surface area contributed by atoms with Gasteiger partial charge >= 0.3 is 5.97 Å². The second-order valence-corrected chi connectivity index (χ2v) is 9.09. The zero-order chi connectivity index (χ0) is 25.1. The number of benzene rings is 2. The minimum atomic E-state index is -0.768. The fourth-order valence-electron chi connectivity index (χ4n) is 3.44. The summed E-state index contributed by atoms with van der Waals surface area (Å²) < 4.78 is 4.73. The molecule has 0 spiro atoms. The summed E-state index contributed by atoms with van der Waals surface area (Å²) in [6.45, 7) is 5.80. The smallest absolute Gasteiger partial charge is 0.328 e. The maximum absolute atomic E-state index is 12.8. The third kappa shape index (κ3) is 8.18. The lowest BCUT2D eigenvalue weighted by atomic mass is 10.0. The van der Waals surface area contributed by atoms with Gasteiger partial charge < -0.3 is 20.7 Å². The van der Waals surface area contributed by atoms with Gasteiger partial charge in [0.15, 0.2) is 0 Å². The van der Waals surface area contributed by atoms with Crippen LogP contribution in [0.25, 0.3) is 11.1 Å². The Bertz CT molecular complexity index is 935. The van der Waals surface area contributed by atoms with E-state index in [1.807, 2.05) is 37.3 Å². The Morgan fingerprint density at radius 2 is 1.56 bits per heavy atom. The number of methoxy groups -OCH3 is 1. The van der Waals surface area contributed by atoms with E-state index in [2.05, 4.69) is 52.8 Å². The minimum Gasteiger partial charge on any atom is -0.467 e. The lowest BCUT2D eigenvalue weighted by Crippen LogP contribution is -2.53. The van der Waals surface area contributed by atoms with Crippen molar-refractivity contribution in [3.05, 3.63) is 60.2 Å². The van der Waals surface area contributed by atoms with Gasteiger partial charge in [-0.25, -0.2) is 4.79 Å². The second kappa shape index (κ2) is 13.8. The molecule has 0 aromatic heterocycles. The highest BCUT2D eigenvalue weighted by Crippen LogP contribution is 2.19. The van der Waals surface area contributed by atoms with E-state index < -0.39 is 24.0 Å². The fourth-order valence-corrected chi connectivity index (χ4v) is 3.68. The van der Waals surface area contributed by atoms with Crippen LogP contribution < -0.4 is 16.0 Å². The first kappa shape index (κ1) is 27.4. The van der Waals surface area contributed by atoms with Gasteiger partial charge in [-0.1, -0.05) is 75.4 Å². The number of rotatable bonds is 12. The molecule has 3 atom stereocenters. The molecule has 2 aromatic rings. The predicted molar refractivity (Wildman–Crippen MR) is 137 cm³/mol. The van der Waals surface area contributed by atoms with Crippen LogP contribution in [0.15, 0.2) is 54.6 Å². The molecule has 0 aliphatic rings. The van der Waals surface area contributed by atoms with Gasteiger partial charge in [-0.3, -0.25) is 9.59 Å². The number of esters is 1. The van der Waals surface area contributed by atoms with Crippen molar-refractivity contribution in [3.8, 4) is 11.1 Å². The van der Waals surface area contributed by atoms with Gasteiger partial charge in [0.1, 0.15) is 6.04 Å². The number of carbonyl (C=O) groups is 3. The summed E-state index contributed by atoms with van der Waals surface area (Å²) in [4.78, 5) is 37.0. The van der Waals surface area contributed by atoms with Crippen molar-refractivity contribution in [2.24, 2.45) is 5.92 Å². The van der Waals surface area contributed by atoms with Crippen LogP contribution in [-0.4, -0.2) is 48.8 Å². The van der Waals surface area contributed by atoms with Crippen LogP contribution in [0.5, 0.6) is 0 Å². The Balaban J connectivity index is 1.94. The molecule has 0 heterocycles. The molecule has 2 amide bonds. The van der Waals surface area contributed by atoms with Crippen molar-refractivity contribution in [1.29, 1.82) is 0 Å². The first-order valence-electron chi connectivity index (χ1n) is 11.5. The van der Waals surface area contributed by atoms with Gasteiger partial charge in [-0.05, 0) is 29.0 Å². The molecule has 2 rings (SSSR count). The lowest BCUT2D eigenvalue weighted by Gasteiger charge is -2.24. The minimum absolute atomic E-state index is 0.142. The normalized spacial score (nSPS) is 13.6. The zero-order valence-corrected chi connectivity index (χ0v) is 21.1. The summed E-state index contributed by atoms with van der Waals surface area (Å²) in [5, 5.41) is 8.30. The number of thiol groups is 1. The molecular formula is C26H35N3O4S. The maximum Gasteiger partial charge on any atom is 0.328 e.